The van der Waals surface area contributed by atoms with Gasteiger partial charge < -0.3 is 16.0 Å². The molecular weight excluding hydrogens is 180 g/mol. The van der Waals surface area contributed by atoms with Crippen LogP contribution in [0.15, 0.2) is 17.2 Å². The van der Waals surface area contributed by atoms with Crippen molar-refractivity contribution >= 4 is 5.82 Å². The second-order valence-electron chi connectivity index (χ2n) is 3.93. The number of rotatable bonds is 3. The van der Waals surface area contributed by atoms with E-state index in [1.165, 1.54) is 12.4 Å². The molecule has 0 fully saturated rings. The summed E-state index contributed by atoms with van der Waals surface area (Å²) in [5.41, 5.74) is 5.31. The largest absolute Gasteiger partial charge is 0.363 e. The standard InChI is InChI=1S/C9H16N4O/c1-6(10)9(2,3)13-7-4-8(14)12-5-11-7/h4-6H,10H2,1-3H3,(H2,11,12,13,14). The van der Waals surface area contributed by atoms with E-state index in [2.05, 4.69) is 15.3 Å². The fraction of sp³-hybridized carbons (Fsp3) is 0.556. The van der Waals surface area contributed by atoms with E-state index in [0.717, 1.165) is 0 Å². The molecule has 0 aliphatic heterocycles. The van der Waals surface area contributed by atoms with Crippen LogP contribution in [0.4, 0.5) is 5.82 Å². The van der Waals surface area contributed by atoms with Crippen molar-refractivity contribution in [3.8, 4) is 0 Å². The zero-order valence-electron chi connectivity index (χ0n) is 8.66. The molecule has 5 nitrogen and oxygen atoms in total. The normalized spacial score (nSPS) is 13.7. The van der Waals surface area contributed by atoms with Gasteiger partial charge in [-0.1, -0.05) is 0 Å². The van der Waals surface area contributed by atoms with Crippen LogP contribution in [-0.2, 0) is 0 Å². The van der Waals surface area contributed by atoms with Crippen LogP contribution in [0.5, 0.6) is 0 Å². The summed E-state index contributed by atoms with van der Waals surface area (Å²) < 4.78 is 0. The van der Waals surface area contributed by atoms with Crippen molar-refractivity contribution in [3.63, 3.8) is 0 Å². The van der Waals surface area contributed by atoms with Gasteiger partial charge in [0.1, 0.15) is 5.82 Å². The van der Waals surface area contributed by atoms with Crippen LogP contribution in [0.25, 0.3) is 0 Å². The molecule has 0 aromatic carbocycles. The lowest BCUT2D eigenvalue weighted by molar-refractivity contribution is 0.469. The first kappa shape index (κ1) is 10.7. The molecular formula is C9H16N4O. The third-order valence-electron chi connectivity index (χ3n) is 2.27. The van der Waals surface area contributed by atoms with Crippen molar-refractivity contribution in [3.05, 3.63) is 22.7 Å². The van der Waals surface area contributed by atoms with Crippen molar-refractivity contribution in [1.82, 2.24) is 9.97 Å². The molecule has 1 unspecified atom stereocenters. The topological polar surface area (TPSA) is 83.8 Å². The van der Waals surface area contributed by atoms with E-state index < -0.39 is 0 Å². The molecule has 0 bridgehead atoms. The van der Waals surface area contributed by atoms with Gasteiger partial charge in [-0.25, -0.2) is 4.98 Å². The van der Waals surface area contributed by atoms with Gasteiger partial charge in [0.15, 0.2) is 0 Å². The molecule has 0 radical (unpaired) electrons. The van der Waals surface area contributed by atoms with Gasteiger partial charge in [0.25, 0.3) is 5.56 Å². The monoisotopic (exact) mass is 196 g/mol. The second-order valence-corrected chi connectivity index (χ2v) is 3.93. The minimum atomic E-state index is -0.291. The average molecular weight is 196 g/mol. The molecule has 4 N–H and O–H groups in total. The fourth-order valence-electron chi connectivity index (χ4n) is 0.881. The predicted octanol–water partition coefficient (Wildman–Crippen LogP) is 0.308. The smallest absolute Gasteiger partial charge is 0.252 e. The van der Waals surface area contributed by atoms with Gasteiger partial charge >= 0.3 is 0 Å². The van der Waals surface area contributed by atoms with E-state index in [1.54, 1.807) is 0 Å². The van der Waals surface area contributed by atoms with Gasteiger partial charge in [0.05, 0.1) is 6.33 Å². The SMILES string of the molecule is CC(N)C(C)(C)Nc1cc(=O)[nH]cn1. The lowest BCUT2D eigenvalue weighted by atomic mass is 9.97. The van der Waals surface area contributed by atoms with Crippen molar-refractivity contribution in [2.45, 2.75) is 32.4 Å². The van der Waals surface area contributed by atoms with Gasteiger partial charge in [-0.3, -0.25) is 4.79 Å². The molecule has 1 aromatic heterocycles. The van der Waals surface area contributed by atoms with Crippen LogP contribution in [0.3, 0.4) is 0 Å². The molecule has 5 heteroatoms. The Hall–Kier alpha value is -1.36. The van der Waals surface area contributed by atoms with Gasteiger partial charge in [-0.15, -0.1) is 0 Å². The van der Waals surface area contributed by atoms with E-state index in [1.807, 2.05) is 20.8 Å². The molecule has 14 heavy (non-hydrogen) atoms. The lowest BCUT2D eigenvalue weighted by Gasteiger charge is -2.30. The molecule has 0 spiro atoms. The molecule has 0 amide bonds. The fourth-order valence-corrected chi connectivity index (χ4v) is 0.881. The summed E-state index contributed by atoms with van der Waals surface area (Å²) in [4.78, 5) is 17.4. The zero-order chi connectivity index (χ0) is 10.8. The molecule has 0 aliphatic rings. The highest BCUT2D eigenvalue weighted by Gasteiger charge is 2.22. The maximum atomic E-state index is 11.0. The van der Waals surface area contributed by atoms with Crippen LogP contribution < -0.4 is 16.6 Å². The molecule has 0 saturated carbocycles. The zero-order valence-corrected chi connectivity index (χ0v) is 8.66. The second kappa shape index (κ2) is 3.79. The highest BCUT2D eigenvalue weighted by molar-refractivity contribution is 5.35. The molecule has 78 valence electrons. The summed E-state index contributed by atoms with van der Waals surface area (Å²) >= 11 is 0. The third-order valence-corrected chi connectivity index (χ3v) is 2.27. The number of aromatic nitrogens is 2. The Labute approximate surface area is 82.7 Å². The van der Waals surface area contributed by atoms with Crippen LogP contribution in [-0.4, -0.2) is 21.5 Å². The number of hydrogen-bond donors (Lipinski definition) is 3. The van der Waals surface area contributed by atoms with E-state index >= 15 is 0 Å². The van der Waals surface area contributed by atoms with Gasteiger partial charge in [0.2, 0.25) is 0 Å². The molecule has 0 aliphatic carbocycles. The predicted molar refractivity (Wildman–Crippen MR) is 56.2 cm³/mol. The van der Waals surface area contributed by atoms with Crippen molar-refractivity contribution in [2.24, 2.45) is 5.73 Å². The van der Waals surface area contributed by atoms with E-state index in [0.29, 0.717) is 5.82 Å². The lowest BCUT2D eigenvalue weighted by Crippen LogP contribution is -2.47. The van der Waals surface area contributed by atoms with Gasteiger partial charge in [-0.05, 0) is 20.8 Å². The summed E-state index contributed by atoms with van der Waals surface area (Å²) in [5, 5.41) is 3.10. The Morgan fingerprint density at radius 2 is 2.29 bits per heavy atom. The Kier molecular flexibility index (Phi) is 2.90. The minimum absolute atomic E-state index is 0.0383. The Morgan fingerprint density at radius 3 is 2.79 bits per heavy atom. The van der Waals surface area contributed by atoms with Crippen LogP contribution in [0.1, 0.15) is 20.8 Å². The Morgan fingerprint density at radius 1 is 1.64 bits per heavy atom. The van der Waals surface area contributed by atoms with E-state index in [9.17, 15) is 4.79 Å². The third kappa shape index (κ3) is 2.56. The summed E-state index contributed by atoms with van der Waals surface area (Å²) in [6, 6.07) is 1.37. The Bertz CT molecular complexity index is 356. The first-order valence-electron chi connectivity index (χ1n) is 4.50. The number of nitrogens with zero attached hydrogens (tertiary/aromatic N) is 1. The number of anilines is 1. The first-order chi connectivity index (χ1) is 6.42. The number of nitrogens with two attached hydrogens (primary N) is 1. The highest BCUT2D eigenvalue weighted by atomic mass is 16.1. The first-order valence-corrected chi connectivity index (χ1v) is 4.50. The maximum absolute atomic E-state index is 11.0. The minimum Gasteiger partial charge on any atom is -0.363 e. The van der Waals surface area contributed by atoms with Crippen LogP contribution in [0, 0.1) is 0 Å². The molecule has 1 heterocycles. The number of H-pyrrole nitrogens is 1. The number of aromatic amines is 1. The van der Waals surface area contributed by atoms with Gasteiger partial charge in [0, 0.05) is 17.6 Å². The van der Waals surface area contributed by atoms with Crippen molar-refractivity contribution < 1.29 is 0 Å². The van der Waals surface area contributed by atoms with E-state index in [-0.39, 0.29) is 17.1 Å². The van der Waals surface area contributed by atoms with Crippen LogP contribution in [0.2, 0.25) is 0 Å². The van der Waals surface area contributed by atoms with Crippen molar-refractivity contribution in [2.75, 3.05) is 5.32 Å². The Balaban J connectivity index is 2.84. The summed E-state index contributed by atoms with van der Waals surface area (Å²) in [6.45, 7) is 5.82. The molecule has 1 aromatic rings. The van der Waals surface area contributed by atoms with E-state index in [4.69, 9.17) is 5.73 Å². The average Bonchev–Trinajstić information content (AvgIpc) is 2.02. The summed E-state index contributed by atoms with van der Waals surface area (Å²) in [7, 11) is 0. The maximum Gasteiger partial charge on any atom is 0.252 e. The summed E-state index contributed by atoms with van der Waals surface area (Å²) in [6.07, 6.45) is 1.36. The molecule has 1 atom stereocenters. The van der Waals surface area contributed by atoms with Crippen LogP contribution >= 0.6 is 0 Å². The quantitative estimate of drug-likeness (QED) is 0.649. The van der Waals surface area contributed by atoms with Gasteiger partial charge in [-0.2, -0.15) is 0 Å². The summed E-state index contributed by atoms with van der Waals surface area (Å²) in [5.74, 6) is 0.538. The number of nitrogens with one attached hydrogen (secondary N) is 2. The molecule has 0 saturated heterocycles. The highest BCUT2D eigenvalue weighted by Crippen LogP contribution is 2.13. The number of hydrogen-bond acceptors (Lipinski definition) is 4. The molecule has 1 rings (SSSR count). The van der Waals surface area contributed by atoms with Crippen molar-refractivity contribution in [1.29, 1.82) is 0 Å².